The topological polar surface area (TPSA) is 63.6 Å². The zero-order chi connectivity index (χ0) is 11.7. The van der Waals surface area contributed by atoms with Gasteiger partial charge in [-0.3, -0.25) is 0 Å². The van der Waals surface area contributed by atoms with E-state index in [0.717, 1.165) is 0 Å². The third-order valence-electron chi connectivity index (χ3n) is 0.989. The smallest absolute Gasteiger partial charge is 0.333 e. The summed E-state index contributed by atoms with van der Waals surface area (Å²) < 4.78 is 4.56. The average molecular weight is 281 g/mol. The standard InChI is InChI=1S/C6H10O2.C4H6O2.BrH/c1-4-8-6(7)5(2)3;1-3(2)4(5)6;/h2,4H2,1,3H3;1H2,2H3,(H,5,6);1H. The van der Waals surface area contributed by atoms with Crippen molar-refractivity contribution in [3.8, 4) is 0 Å². The molecule has 0 saturated carbocycles. The Morgan fingerprint density at radius 2 is 1.53 bits per heavy atom. The molecule has 88 valence electrons. The highest BCUT2D eigenvalue weighted by Gasteiger charge is 1.98. The van der Waals surface area contributed by atoms with Crippen molar-refractivity contribution in [3.63, 3.8) is 0 Å². The molecular weight excluding hydrogens is 264 g/mol. The maximum absolute atomic E-state index is 10.4. The Kier molecular flexibility index (Phi) is 14.2. The molecule has 1 N–H and O–H groups in total. The van der Waals surface area contributed by atoms with Crippen LogP contribution in [0.4, 0.5) is 0 Å². The summed E-state index contributed by atoms with van der Waals surface area (Å²) in [6, 6.07) is 0. The maximum Gasteiger partial charge on any atom is 0.333 e. The second kappa shape index (κ2) is 11.0. The summed E-state index contributed by atoms with van der Waals surface area (Å²) in [7, 11) is 0. The van der Waals surface area contributed by atoms with Crippen LogP contribution < -0.4 is 0 Å². The van der Waals surface area contributed by atoms with E-state index < -0.39 is 5.97 Å². The summed E-state index contributed by atoms with van der Waals surface area (Å²) in [6.45, 7) is 11.8. The van der Waals surface area contributed by atoms with Gasteiger partial charge in [0.15, 0.2) is 0 Å². The minimum absolute atomic E-state index is 0. The lowest BCUT2D eigenvalue weighted by Crippen LogP contribution is -2.03. The summed E-state index contributed by atoms with van der Waals surface area (Å²) >= 11 is 0. The molecular formula is C10H17BrO4. The van der Waals surface area contributed by atoms with Gasteiger partial charge in [0.05, 0.1) is 6.61 Å². The number of esters is 1. The maximum atomic E-state index is 10.4. The number of aliphatic carboxylic acids is 1. The normalized spacial score (nSPS) is 7.40. The van der Waals surface area contributed by atoms with Crippen LogP contribution in [0.2, 0.25) is 0 Å². The molecule has 0 aliphatic rings. The van der Waals surface area contributed by atoms with Crippen LogP contribution in [0.15, 0.2) is 24.3 Å². The first-order chi connectivity index (χ1) is 6.32. The van der Waals surface area contributed by atoms with Gasteiger partial charge in [0.25, 0.3) is 0 Å². The summed E-state index contributed by atoms with van der Waals surface area (Å²) in [5.74, 6) is -1.25. The van der Waals surface area contributed by atoms with E-state index in [1.807, 2.05) is 0 Å². The third-order valence-corrected chi connectivity index (χ3v) is 0.989. The first kappa shape index (κ1) is 19.5. The number of halogens is 1. The quantitative estimate of drug-likeness (QED) is 0.637. The van der Waals surface area contributed by atoms with Gasteiger partial charge >= 0.3 is 11.9 Å². The van der Waals surface area contributed by atoms with Gasteiger partial charge in [-0.1, -0.05) is 13.2 Å². The molecule has 0 fully saturated rings. The highest BCUT2D eigenvalue weighted by atomic mass is 79.9. The van der Waals surface area contributed by atoms with Crippen LogP contribution in [0.3, 0.4) is 0 Å². The lowest BCUT2D eigenvalue weighted by Gasteiger charge is -1.96. The van der Waals surface area contributed by atoms with E-state index in [4.69, 9.17) is 5.11 Å². The molecule has 0 aromatic heterocycles. The number of hydrogen-bond acceptors (Lipinski definition) is 3. The lowest BCUT2D eigenvalue weighted by atomic mass is 10.4. The molecule has 0 aromatic rings. The molecule has 15 heavy (non-hydrogen) atoms. The van der Waals surface area contributed by atoms with Gasteiger partial charge in [0, 0.05) is 11.1 Å². The molecule has 0 aliphatic carbocycles. The molecule has 0 unspecified atom stereocenters. The van der Waals surface area contributed by atoms with Crippen LogP contribution in [0.25, 0.3) is 0 Å². The van der Waals surface area contributed by atoms with Crippen molar-refractivity contribution in [2.24, 2.45) is 0 Å². The van der Waals surface area contributed by atoms with Gasteiger partial charge in [0.1, 0.15) is 0 Å². The van der Waals surface area contributed by atoms with Crippen molar-refractivity contribution in [1.29, 1.82) is 0 Å². The van der Waals surface area contributed by atoms with Gasteiger partial charge in [-0.25, -0.2) is 9.59 Å². The number of ether oxygens (including phenoxy) is 1. The van der Waals surface area contributed by atoms with Gasteiger partial charge < -0.3 is 9.84 Å². The van der Waals surface area contributed by atoms with E-state index in [0.29, 0.717) is 12.2 Å². The first-order valence-corrected chi connectivity index (χ1v) is 4.04. The van der Waals surface area contributed by atoms with Crippen LogP contribution in [0.5, 0.6) is 0 Å². The molecule has 0 saturated heterocycles. The molecule has 0 aromatic carbocycles. The molecule has 0 heterocycles. The molecule has 0 rings (SSSR count). The zero-order valence-electron chi connectivity index (χ0n) is 9.20. The zero-order valence-corrected chi connectivity index (χ0v) is 10.9. The van der Waals surface area contributed by atoms with E-state index in [1.54, 1.807) is 13.8 Å². The van der Waals surface area contributed by atoms with E-state index in [-0.39, 0.29) is 28.5 Å². The van der Waals surface area contributed by atoms with Crippen molar-refractivity contribution in [2.75, 3.05) is 6.61 Å². The molecule has 0 amide bonds. The van der Waals surface area contributed by atoms with Crippen LogP contribution >= 0.6 is 17.0 Å². The monoisotopic (exact) mass is 280 g/mol. The summed E-state index contributed by atoms with van der Waals surface area (Å²) in [4.78, 5) is 20.0. The van der Waals surface area contributed by atoms with E-state index >= 15 is 0 Å². The van der Waals surface area contributed by atoms with Crippen LogP contribution in [0.1, 0.15) is 20.8 Å². The Morgan fingerprint density at radius 1 is 1.20 bits per heavy atom. The summed E-state index contributed by atoms with van der Waals surface area (Å²) in [5, 5.41) is 7.89. The number of carboxylic acids is 1. The summed E-state index contributed by atoms with van der Waals surface area (Å²) in [5.41, 5.74) is 0.627. The Balaban J connectivity index is -0.000000187. The number of carbonyl (C=O) groups excluding carboxylic acids is 1. The summed E-state index contributed by atoms with van der Waals surface area (Å²) in [6.07, 6.45) is 0. The molecule has 5 heteroatoms. The highest BCUT2D eigenvalue weighted by molar-refractivity contribution is 8.93. The molecule has 0 bridgehead atoms. The Labute approximate surface area is 100 Å². The van der Waals surface area contributed by atoms with Crippen molar-refractivity contribution in [1.82, 2.24) is 0 Å². The second-order valence-electron chi connectivity index (χ2n) is 2.59. The van der Waals surface area contributed by atoms with Crippen molar-refractivity contribution < 1.29 is 19.4 Å². The fourth-order valence-corrected chi connectivity index (χ4v) is 0.254. The Bertz CT molecular complexity index is 234. The van der Waals surface area contributed by atoms with Crippen molar-refractivity contribution >= 4 is 28.9 Å². The predicted molar refractivity (Wildman–Crippen MR) is 64.2 cm³/mol. The molecule has 4 nitrogen and oxygen atoms in total. The molecule has 0 aliphatic heterocycles. The predicted octanol–water partition coefficient (Wildman–Crippen LogP) is 2.35. The first-order valence-electron chi connectivity index (χ1n) is 4.04. The van der Waals surface area contributed by atoms with Gasteiger partial charge in [-0.05, 0) is 20.8 Å². The van der Waals surface area contributed by atoms with Crippen LogP contribution in [-0.4, -0.2) is 23.7 Å². The Morgan fingerprint density at radius 3 is 1.60 bits per heavy atom. The SMILES string of the molecule is Br.C=C(C)C(=O)O.C=C(C)C(=O)OCC. The minimum Gasteiger partial charge on any atom is -0.478 e. The number of hydrogen-bond donors (Lipinski definition) is 1. The number of rotatable bonds is 3. The van der Waals surface area contributed by atoms with Crippen LogP contribution in [-0.2, 0) is 14.3 Å². The van der Waals surface area contributed by atoms with Gasteiger partial charge in [-0.15, -0.1) is 17.0 Å². The fraction of sp³-hybridized carbons (Fsp3) is 0.400. The van der Waals surface area contributed by atoms with Crippen LogP contribution in [0, 0.1) is 0 Å². The molecule has 0 radical (unpaired) electrons. The number of carbonyl (C=O) groups is 2. The second-order valence-corrected chi connectivity index (χ2v) is 2.59. The largest absolute Gasteiger partial charge is 0.478 e. The lowest BCUT2D eigenvalue weighted by molar-refractivity contribution is -0.138. The van der Waals surface area contributed by atoms with E-state index in [2.05, 4.69) is 17.9 Å². The van der Waals surface area contributed by atoms with E-state index in [9.17, 15) is 9.59 Å². The van der Waals surface area contributed by atoms with E-state index in [1.165, 1.54) is 6.92 Å². The van der Waals surface area contributed by atoms with Gasteiger partial charge in [0.2, 0.25) is 0 Å². The molecule has 0 atom stereocenters. The fourth-order valence-electron chi connectivity index (χ4n) is 0.254. The van der Waals surface area contributed by atoms with Crippen molar-refractivity contribution in [3.05, 3.63) is 24.3 Å². The highest BCUT2D eigenvalue weighted by Crippen LogP contribution is 1.89. The van der Waals surface area contributed by atoms with Crippen molar-refractivity contribution in [2.45, 2.75) is 20.8 Å². The minimum atomic E-state index is -0.935. The average Bonchev–Trinajstić information content (AvgIpc) is 2.05. The Hall–Kier alpha value is -1.10. The third kappa shape index (κ3) is 15.6. The molecule has 0 spiro atoms. The van der Waals surface area contributed by atoms with Gasteiger partial charge in [-0.2, -0.15) is 0 Å². The number of carboxylic acid groups (broad SMARTS) is 1.